The molecule has 0 fully saturated rings. The van der Waals surface area contributed by atoms with Crippen molar-refractivity contribution in [1.82, 2.24) is 31.9 Å². The molecular weight excluding hydrogens is 876 g/mol. The molecule has 0 saturated carbocycles. The van der Waals surface area contributed by atoms with E-state index in [1.807, 2.05) is 0 Å². The molecule has 0 unspecified atom stereocenters. The largest absolute Gasteiger partial charge is 0.508 e. The maximum Gasteiger partial charge on any atom is 0.326 e. The van der Waals surface area contributed by atoms with Crippen LogP contribution in [0.5, 0.6) is 5.75 Å². The number of hydrogen-bond acceptors (Lipinski definition) is 10. The van der Waals surface area contributed by atoms with Gasteiger partial charge in [-0.05, 0) is 60.8 Å². The molecule has 0 saturated heterocycles. The van der Waals surface area contributed by atoms with Gasteiger partial charge in [-0.3, -0.25) is 38.4 Å². The third-order valence-electron chi connectivity index (χ3n) is 9.29. The zero-order chi connectivity index (χ0) is 46.5. The molecule has 10 N–H and O–H groups in total. The molecule has 0 spiro atoms. The van der Waals surface area contributed by atoms with E-state index < -0.39 is 115 Å². The minimum Gasteiger partial charge on any atom is -0.508 e. The molecule has 0 aliphatic heterocycles. The minimum atomic E-state index is -1.64. The highest BCUT2D eigenvalue weighted by atomic mass is 79.9. The summed E-state index contributed by atoms with van der Waals surface area (Å²) in [5, 5.41) is 53.3. The summed E-state index contributed by atoms with van der Waals surface area (Å²) < 4.78 is 0. The predicted octanol–water partition coefficient (Wildman–Crippen LogP) is 1.39. The van der Waals surface area contributed by atoms with E-state index in [2.05, 4.69) is 47.8 Å². The fraction of sp³-hybridized carbons (Fsp3) is 0.500. The van der Waals surface area contributed by atoms with Crippen molar-refractivity contribution >= 4 is 69.3 Å². The molecule has 62 heavy (non-hydrogen) atoms. The van der Waals surface area contributed by atoms with Crippen molar-refractivity contribution in [3.8, 4) is 5.75 Å². The van der Waals surface area contributed by atoms with Crippen LogP contribution in [0.25, 0.3) is 0 Å². The number of carboxylic acids is 3. The van der Waals surface area contributed by atoms with Gasteiger partial charge in [-0.2, -0.15) is 0 Å². The molecule has 19 nitrogen and oxygen atoms in total. The van der Waals surface area contributed by atoms with Crippen molar-refractivity contribution in [2.24, 2.45) is 11.8 Å². The second kappa shape index (κ2) is 26.3. The van der Waals surface area contributed by atoms with E-state index in [4.69, 9.17) is 0 Å². The Morgan fingerprint density at radius 3 is 1.27 bits per heavy atom. The lowest BCUT2D eigenvalue weighted by Crippen LogP contribution is -2.60. The van der Waals surface area contributed by atoms with Crippen LogP contribution in [-0.2, 0) is 56.0 Å². The van der Waals surface area contributed by atoms with Crippen LogP contribution in [0.1, 0.15) is 77.3 Å². The SMILES string of the molecule is CC(C)C[C@H](NC(=O)[C@H](CCC(=O)O)NC(=O)[C@H](CCC(=O)O)NC(=O)[C@H](CC(C)C)NC(=O)[C@H](Cc1ccccc1)NC(=O)CBr)C(=O)N[C@@H](Cc1ccc(O)cc1)C(=O)O. The Labute approximate surface area is 367 Å². The van der Waals surface area contributed by atoms with Gasteiger partial charge in [-0.15, -0.1) is 0 Å². The van der Waals surface area contributed by atoms with Gasteiger partial charge < -0.3 is 52.3 Å². The number of halogens is 1. The topological polar surface area (TPSA) is 307 Å². The number of carbonyl (C=O) groups is 9. The number of nitrogens with one attached hydrogen (secondary N) is 6. The first-order chi connectivity index (χ1) is 29.2. The number of phenolic OH excluding ortho intramolecular Hbond substituents is 1. The van der Waals surface area contributed by atoms with Gasteiger partial charge in [0.25, 0.3) is 0 Å². The summed E-state index contributed by atoms with van der Waals surface area (Å²) in [5.74, 6) is -9.60. The highest BCUT2D eigenvalue weighted by Crippen LogP contribution is 2.14. The van der Waals surface area contributed by atoms with Crippen LogP contribution < -0.4 is 31.9 Å². The lowest BCUT2D eigenvalue weighted by atomic mass is 10.00. The number of aromatic hydroxyl groups is 1. The Balaban J connectivity index is 2.36. The highest BCUT2D eigenvalue weighted by molar-refractivity contribution is 9.09. The van der Waals surface area contributed by atoms with Crippen molar-refractivity contribution < 1.29 is 63.6 Å². The maximum atomic E-state index is 13.9. The summed E-state index contributed by atoms with van der Waals surface area (Å²) in [6.07, 6.45) is -2.32. The summed E-state index contributed by atoms with van der Waals surface area (Å²) in [6.45, 7) is 7.00. The van der Waals surface area contributed by atoms with Crippen LogP contribution in [0.4, 0.5) is 0 Å². The number of carboxylic acid groups (broad SMARTS) is 3. The van der Waals surface area contributed by atoms with Gasteiger partial charge in [-0.1, -0.05) is 86.1 Å². The van der Waals surface area contributed by atoms with E-state index in [9.17, 15) is 63.6 Å². The van der Waals surface area contributed by atoms with Crippen LogP contribution in [-0.4, -0.2) is 115 Å². The van der Waals surface area contributed by atoms with Crippen LogP contribution in [0, 0.1) is 11.8 Å². The fourth-order valence-electron chi connectivity index (χ4n) is 6.20. The summed E-state index contributed by atoms with van der Waals surface area (Å²) in [7, 11) is 0. The number of rotatable bonds is 27. The summed E-state index contributed by atoms with van der Waals surface area (Å²) in [6, 6.07) is 5.97. The van der Waals surface area contributed by atoms with Crippen molar-refractivity contribution in [3.63, 3.8) is 0 Å². The van der Waals surface area contributed by atoms with Crippen molar-refractivity contribution in [3.05, 3.63) is 65.7 Å². The van der Waals surface area contributed by atoms with Gasteiger partial charge in [-0.25, -0.2) is 4.79 Å². The van der Waals surface area contributed by atoms with Gasteiger partial charge in [0.2, 0.25) is 35.4 Å². The Bertz CT molecular complexity index is 1860. The van der Waals surface area contributed by atoms with Gasteiger partial charge in [0, 0.05) is 25.7 Å². The number of phenols is 1. The smallest absolute Gasteiger partial charge is 0.326 e. The van der Waals surface area contributed by atoms with E-state index in [0.29, 0.717) is 11.1 Å². The summed E-state index contributed by atoms with van der Waals surface area (Å²) >= 11 is 3.06. The first-order valence-corrected chi connectivity index (χ1v) is 21.2. The molecule has 0 radical (unpaired) electrons. The second-order valence-electron chi connectivity index (χ2n) is 15.6. The second-order valence-corrected chi connectivity index (χ2v) is 16.1. The average molecular weight is 934 g/mol. The van der Waals surface area contributed by atoms with Crippen LogP contribution in [0.3, 0.4) is 0 Å². The first-order valence-electron chi connectivity index (χ1n) is 20.0. The molecule has 0 aromatic heterocycles. The standard InChI is InChI=1S/C42H57BrN6O13/c1-23(2)18-30(48-41(60)32(44-34(51)22-43)20-25-8-6-5-7-9-25)39(58)46-28(14-16-35(52)53)37(56)45-29(15-17-36(54)55)38(57)47-31(19-24(3)4)40(59)49-33(42(61)62)21-26-10-12-27(50)13-11-26/h5-13,23-24,28-33,50H,14-22H2,1-4H3,(H,44,51)(H,45,56)(H,46,58)(H,47,57)(H,48,60)(H,49,59)(H,52,53)(H,54,55)(H,61,62)/t28-,29-,30-,31-,32-,33-/m0/s1. The maximum absolute atomic E-state index is 13.9. The van der Waals surface area contributed by atoms with Gasteiger partial charge in [0.05, 0.1) is 5.33 Å². The Hall–Kier alpha value is -6.05. The predicted molar refractivity (Wildman–Crippen MR) is 228 cm³/mol. The highest BCUT2D eigenvalue weighted by Gasteiger charge is 2.34. The first kappa shape index (κ1) is 52.1. The average Bonchev–Trinajstić information content (AvgIpc) is 3.20. The molecule has 2 rings (SSSR count). The molecule has 0 aliphatic rings. The van der Waals surface area contributed by atoms with Gasteiger partial charge >= 0.3 is 17.9 Å². The molecule has 0 heterocycles. The van der Waals surface area contributed by atoms with E-state index in [-0.39, 0.29) is 48.6 Å². The van der Waals surface area contributed by atoms with Crippen LogP contribution in [0.2, 0.25) is 0 Å². The Morgan fingerprint density at radius 1 is 0.500 bits per heavy atom. The molecule has 0 aliphatic carbocycles. The quantitative estimate of drug-likeness (QED) is 0.0568. The third-order valence-corrected chi connectivity index (χ3v) is 9.80. The molecule has 0 bridgehead atoms. The van der Waals surface area contributed by atoms with Crippen molar-refractivity contribution in [2.45, 2.75) is 115 Å². The Kier molecular flexibility index (Phi) is 22.1. The van der Waals surface area contributed by atoms with E-state index in [1.165, 1.54) is 24.3 Å². The minimum absolute atomic E-state index is 0.00499. The lowest BCUT2D eigenvalue weighted by molar-refractivity contribution is -0.142. The molecule has 6 amide bonds. The molecule has 20 heteroatoms. The van der Waals surface area contributed by atoms with E-state index in [1.54, 1.807) is 58.0 Å². The zero-order valence-electron chi connectivity index (χ0n) is 35.0. The number of benzene rings is 2. The lowest BCUT2D eigenvalue weighted by Gasteiger charge is -2.28. The van der Waals surface area contributed by atoms with Crippen LogP contribution in [0.15, 0.2) is 54.6 Å². The molecule has 6 atom stereocenters. The number of amides is 6. The third kappa shape index (κ3) is 19.6. The number of alkyl halides is 1. The fourth-order valence-corrected chi connectivity index (χ4v) is 6.36. The Morgan fingerprint density at radius 2 is 0.871 bits per heavy atom. The summed E-state index contributed by atoms with van der Waals surface area (Å²) in [4.78, 5) is 116. The number of hydrogen-bond donors (Lipinski definition) is 10. The zero-order valence-corrected chi connectivity index (χ0v) is 36.6. The normalized spacial score (nSPS) is 13.9. The molecular formula is C42H57BrN6O13. The van der Waals surface area contributed by atoms with E-state index >= 15 is 0 Å². The van der Waals surface area contributed by atoms with Gasteiger partial charge in [0.15, 0.2) is 0 Å². The van der Waals surface area contributed by atoms with Crippen molar-refractivity contribution in [1.29, 1.82) is 0 Å². The number of aliphatic carboxylic acids is 3. The monoisotopic (exact) mass is 932 g/mol. The summed E-state index contributed by atoms with van der Waals surface area (Å²) in [5.41, 5.74) is 1.19. The molecule has 2 aromatic carbocycles. The molecule has 2 aromatic rings. The molecule has 340 valence electrons. The number of carbonyl (C=O) groups excluding carboxylic acids is 6. The van der Waals surface area contributed by atoms with E-state index in [0.717, 1.165) is 0 Å². The van der Waals surface area contributed by atoms with Crippen LogP contribution >= 0.6 is 15.9 Å². The van der Waals surface area contributed by atoms with Gasteiger partial charge in [0.1, 0.15) is 42.0 Å². The van der Waals surface area contributed by atoms with Crippen molar-refractivity contribution in [2.75, 3.05) is 5.33 Å².